The molecule has 2 heterocycles. The largest absolute Gasteiger partial charge is 0.316 e. The Hall–Kier alpha value is -2.49. The minimum absolute atomic E-state index is 0.119. The lowest BCUT2D eigenvalue weighted by Gasteiger charge is -2.20. The molecule has 0 atom stereocenters. The lowest BCUT2D eigenvalue weighted by molar-refractivity contribution is 0.111. The number of aromatic nitrogens is 2. The van der Waals surface area contributed by atoms with Crippen molar-refractivity contribution in [3.05, 3.63) is 80.9 Å². The lowest BCUT2D eigenvalue weighted by atomic mass is 10.0. The summed E-state index contributed by atoms with van der Waals surface area (Å²) in [7, 11) is -3.77. The van der Waals surface area contributed by atoms with Gasteiger partial charge >= 0.3 is 0 Å². The molecule has 0 aliphatic heterocycles. The van der Waals surface area contributed by atoms with Crippen LogP contribution in [0.15, 0.2) is 58.8 Å². The number of rotatable bonds is 9. The summed E-state index contributed by atoms with van der Waals surface area (Å²) < 4.78 is 31.6. The van der Waals surface area contributed by atoms with Gasteiger partial charge in [-0.3, -0.25) is 4.79 Å². The van der Waals surface area contributed by atoms with Crippen molar-refractivity contribution >= 4 is 50.8 Å². The standard InChI is InChI=1S/C29H31Cl2N3O3S2/c1-18(2)13-22-15-23(28(38-22)39(36,37)33-29(3,4)5)20-11-12-21(24(30)14-20)16-34-25(17-35)26(31)32-27(34)19-9-7-6-8-10-19/h6-12,14-15,17-18,33H,13,16H2,1-5H3. The zero-order valence-corrected chi connectivity index (χ0v) is 25.6. The average molecular weight is 605 g/mol. The minimum atomic E-state index is -3.77. The van der Waals surface area contributed by atoms with Gasteiger partial charge < -0.3 is 4.57 Å². The van der Waals surface area contributed by atoms with Crippen molar-refractivity contribution in [2.45, 2.75) is 57.3 Å². The normalized spacial score (nSPS) is 12.3. The first kappa shape index (κ1) is 29.5. The third-order valence-corrected chi connectivity index (χ3v) is 9.92. The van der Waals surface area contributed by atoms with E-state index < -0.39 is 15.6 Å². The predicted octanol–water partition coefficient (Wildman–Crippen LogP) is 7.72. The number of nitrogens with one attached hydrogen (secondary N) is 1. The Morgan fingerprint density at radius 3 is 2.33 bits per heavy atom. The summed E-state index contributed by atoms with van der Waals surface area (Å²) in [5.41, 5.74) is 2.51. The van der Waals surface area contributed by atoms with E-state index in [1.54, 1.807) is 10.6 Å². The molecule has 0 bridgehead atoms. The van der Waals surface area contributed by atoms with Crippen LogP contribution < -0.4 is 4.72 Å². The number of carbonyl (C=O) groups is 1. The fourth-order valence-electron chi connectivity index (χ4n) is 4.31. The highest BCUT2D eigenvalue weighted by atomic mass is 35.5. The predicted molar refractivity (Wildman–Crippen MR) is 161 cm³/mol. The van der Waals surface area contributed by atoms with Crippen LogP contribution in [0, 0.1) is 5.92 Å². The van der Waals surface area contributed by atoms with Crippen molar-refractivity contribution in [1.82, 2.24) is 14.3 Å². The molecule has 0 aliphatic carbocycles. The van der Waals surface area contributed by atoms with Gasteiger partial charge in [0, 0.05) is 26.6 Å². The number of nitrogens with zero attached hydrogens (tertiary/aromatic N) is 2. The molecule has 4 rings (SSSR count). The van der Waals surface area contributed by atoms with Crippen molar-refractivity contribution in [3.63, 3.8) is 0 Å². The van der Waals surface area contributed by atoms with Crippen LogP contribution in [0.4, 0.5) is 0 Å². The number of hydrogen-bond acceptors (Lipinski definition) is 5. The molecular weight excluding hydrogens is 573 g/mol. The van der Waals surface area contributed by atoms with Crippen LogP contribution in [-0.4, -0.2) is 29.8 Å². The van der Waals surface area contributed by atoms with Crippen molar-refractivity contribution in [1.29, 1.82) is 0 Å². The molecule has 1 N–H and O–H groups in total. The first-order chi connectivity index (χ1) is 18.3. The molecule has 0 radical (unpaired) electrons. The van der Waals surface area contributed by atoms with Gasteiger partial charge in [-0.25, -0.2) is 18.1 Å². The molecule has 0 unspecified atom stereocenters. The summed E-state index contributed by atoms with van der Waals surface area (Å²) in [4.78, 5) is 17.3. The molecule has 6 nitrogen and oxygen atoms in total. The van der Waals surface area contributed by atoms with E-state index in [-0.39, 0.29) is 21.6 Å². The highest BCUT2D eigenvalue weighted by Gasteiger charge is 2.28. The van der Waals surface area contributed by atoms with E-state index in [0.717, 1.165) is 22.4 Å². The number of benzene rings is 2. The van der Waals surface area contributed by atoms with Gasteiger partial charge in [-0.2, -0.15) is 0 Å². The Kier molecular flexibility index (Phi) is 8.73. The zero-order valence-electron chi connectivity index (χ0n) is 22.5. The van der Waals surface area contributed by atoms with Gasteiger partial charge in [-0.15, -0.1) is 11.3 Å². The van der Waals surface area contributed by atoms with Crippen LogP contribution in [-0.2, 0) is 23.0 Å². The molecule has 4 aromatic rings. The second-order valence-corrected chi connectivity index (χ2v) is 14.6. The molecule has 0 saturated carbocycles. The number of aldehydes is 1. The summed E-state index contributed by atoms with van der Waals surface area (Å²) in [6, 6.07) is 16.9. The van der Waals surface area contributed by atoms with Gasteiger partial charge in [-0.1, -0.05) is 79.5 Å². The molecule has 10 heteroatoms. The Labute approximate surface area is 244 Å². The molecule has 206 valence electrons. The van der Waals surface area contributed by atoms with Crippen LogP contribution in [0.3, 0.4) is 0 Å². The maximum absolute atomic E-state index is 13.4. The molecule has 0 aliphatic rings. The number of imidazole rings is 1. The van der Waals surface area contributed by atoms with E-state index in [9.17, 15) is 13.2 Å². The van der Waals surface area contributed by atoms with Gasteiger partial charge in [0.25, 0.3) is 10.0 Å². The fourth-order valence-corrected chi connectivity index (χ4v) is 8.14. The summed E-state index contributed by atoms with van der Waals surface area (Å²) in [6.45, 7) is 9.92. The highest BCUT2D eigenvalue weighted by molar-refractivity contribution is 7.91. The van der Waals surface area contributed by atoms with Crippen molar-refractivity contribution < 1.29 is 13.2 Å². The molecule has 2 aromatic carbocycles. The van der Waals surface area contributed by atoms with Crippen molar-refractivity contribution in [2.24, 2.45) is 5.92 Å². The Balaban J connectivity index is 1.76. The van der Waals surface area contributed by atoms with E-state index in [4.69, 9.17) is 23.2 Å². The third-order valence-electron chi connectivity index (χ3n) is 5.84. The minimum Gasteiger partial charge on any atom is -0.316 e. The number of sulfonamides is 1. The van der Waals surface area contributed by atoms with Gasteiger partial charge in [0.1, 0.15) is 15.7 Å². The fraction of sp³-hybridized carbons (Fsp3) is 0.310. The molecular formula is C29H31Cl2N3O3S2. The number of hydrogen-bond donors (Lipinski definition) is 1. The summed E-state index contributed by atoms with van der Waals surface area (Å²) in [6.07, 6.45) is 1.46. The van der Waals surface area contributed by atoms with E-state index in [1.165, 1.54) is 11.3 Å². The van der Waals surface area contributed by atoms with Gasteiger partial charge in [0.05, 0.1) is 6.54 Å². The third kappa shape index (κ3) is 6.81. The first-order valence-corrected chi connectivity index (χ1v) is 15.6. The molecule has 0 amide bonds. The smallest absolute Gasteiger partial charge is 0.251 e. The summed E-state index contributed by atoms with van der Waals surface area (Å²) in [5.74, 6) is 0.932. The van der Waals surface area contributed by atoms with Crippen LogP contribution in [0.1, 0.15) is 55.5 Å². The van der Waals surface area contributed by atoms with Crippen molar-refractivity contribution in [2.75, 3.05) is 0 Å². The van der Waals surface area contributed by atoms with Crippen LogP contribution in [0.5, 0.6) is 0 Å². The first-order valence-electron chi connectivity index (χ1n) is 12.5. The molecule has 0 spiro atoms. The van der Waals surface area contributed by atoms with Crippen molar-refractivity contribution in [3.8, 4) is 22.5 Å². The van der Waals surface area contributed by atoms with Crippen LogP contribution in [0.25, 0.3) is 22.5 Å². The Morgan fingerprint density at radius 1 is 1.05 bits per heavy atom. The maximum Gasteiger partial charge on any atom is 0.251 e. The topological polar surface area (TPSA) is 81.1 Å². The van der Waals surface area contributed by atoms with E-state index in [0.29, 0.717) is 34.2 Å². The highest BCUT2D eigenvalue weighted by Crippen LogP contribution is 2.38. The lowest BCUT2D eigenvalue weighted by Crippen LogP contribution is -2.40. The van der Waals surface area contributed by atoms with E-state index in [1.807, 2.05) is 69.3 Å². The molecule has 39 heavy (non-hydrogen) atoms. The summed E-state index contributed by atoms with van der Waals surface area (Å²) in [5, 5.41) is 0.561. The van der Waals surface area contributed by atoms with Gasteiger partial charge in [-0.05, 0) is 56.4 Å². The quantitative estimate of drug-likeness (QED) is 0.198. The number of carbonyl (C=O) groups excluding carboxylic acids is 1. The van der Waals surface area contributed by atoms with Crippen LogP contribution in [0.2, 0.25) is 10.2 Å². The van der Waals surface area contributed by atoms with Gasteiger partial charge in [0.2, 0.25) is 0 Å². The molecule has 0 saturated heterocycles. The second-order valence-electron chi connectivity index (χ2n) is 10.9. The SMILES string of the molecule is CC(C)Cc1cc(-c2ccc(Cn3c(-c4ccccc4)nc(Cl)c3C=O)c(Cl)c2)c(S(=O)(=O)NC(C)(C)C)s1. The van der Waals surface area contributed by atoms with Crippen LogP contribution >= 0.6 is 34.5 Å². The van der Waals surface area contributed by atoms with E-state index >= 15 is 0 Å². The molecule has 0 fully saturated rings. The maximum atomic E-state index is 13.4. The Morgan fingerprint density at radius 2 is 1.74 bits per heavy atom. The number of thiophene rings is 1. The summed E-state index contributed by atoms with van der Waals surface area (Å²) >= 11 is 14.4. The number of halogens is 2. The zero-order chi connectivity index (χ0) is 28.5. The monoisotopic (exact) mass is 603 g/mol. The molecule has 2 aromatic heterocycles. The second kappa shape index (κ2) is 11.6. The average Bonchev–Trinajstić information content (AvgIpc) is 3.40. The van der Waals surface area contributed by atoms with Gasteiger partial charge in [0.15, 0.2) is 11.4 Å². The van der Waals surface area contributed by atoms with E-state index in [2.05, 4.69) is 23.6 Å². The Bertz CT molecular complexity index is 1600.